The molecule has 4 N–H and O–H groups in total. The summed E-state index contributed by atoms with van der Waals surface area (Å²) >= 11 is 5.77. The third-order valence-electron chi connectivity index (χ3n) is 3.12. The van der Waals surface area contributed by atoms with Crippen LogP contribution in [0.15, 0.2) is 6.33 Å². The molecule has 8 nitrogen and oxygen atoms in total. The van der Waals surface area contributed by atoms with Gasteiger partial charge >= 0.3 is 0 Å². The predicted molar refractivity (Wildman–Crippen MR) is 77.7 cm³/mol. The molecule has 2 aromatic heterocycles. The van der Waals surface area contributed by atoms with E-state index in [1.165, 1.54) is 6.33 Å². The van der Waals surface area contributed by atoms with Crippen LogP contribution in [-0.4, -0.2) is 48.5 Å². The van der Waals surface area contributed by atoms with Gasteiger partial charge in [0.1, 0.15) is 17.8 Å². The molecule has 2 aromatic rings. The average Bonchev–Trinajstić information content (AvgIpc) is 3.04. The zero-order chi connectivity index (χ0) is 15.6. The summed E-state index contributed by atoms with van der Waals surface area (Å²) in [6.07, 6.45) is 0.0169. The Labute approximate surface area is 126 Å². The molecule has 3 rings (SSSR count). The van der Waals surface area contributed by atoms with Gasteiger partial charge < -0.3 is 20.7 Å². The SMILES string of the molecule is CC.Nc1nc(Cl)nc2c1ncn2[C@H]1C[C@@H](O)C(CO)O1. The van der Waals surface area contributed by atoms with Gasteiger partial charge in [0.15, 0.2) is 11.5 Å². The van der Waals surface area contributed by atoms with E-state index in [1.807, 2.05) is 13.8 Å². The van der Waals surface area contributed by atoms with Gasteiger partial charge in [0, 0.05) is 6.42 Å². The molecule has 3 heterocycles. The molecule has 0 spiro atoms. The topological polar surface area (TPSA) is 119 Å². The van der Waals surface area contributed by atoms with Gasteiger partial charge in [0.25, 0.3) is 0 Å². The highest BCUT2D eigenvalue weighted by molar-refractivity contribution is 6.28. The van der Waals surface area contributed by atoms with Crippen molar-refractivity contribution in [2.24, 2.45) is 0 Å². The molecule has 0 aromatic carbocycles. The number of hydrogen-bond acceptors (Lipinski definition) is 7. The van der Waals surface area contributed by atoms with E-state index in [4.69, 9.17) is 27.2 Å². The average molecular weight is 316 g/mol. The number of nitrogens with two attached hydrogens (primary N) is 1. The minimum Gasteiger partial charge on any atom is -0.394 e. The van der Waals surface area contributed by atoms with Crippen LogP contribution < -0.4 is 5.73 Å². The Balaban J connectivity index is 0.000000774. The summed E-state index contributed by atoms with van der Waals surface area (Å²) in [5, 5.41) is 18.8. The van der Waals surface area contributed by atoms with Crippen molar-refractivity contribution < 1.29 is 14.9 Å². The minimum atomic E-state index is -0.734. The first-order valence-electron chi connectivity index (χ1n) is 6.70. The molecule has 116 valence electrons. The Morgan fingerprint density at radius 3 is 2.81 bits per heavy atom. The summed E-state index contributed by atoms with van der Waals surface area (Å²) in [5.74, 6) is 0.186. The molecule has 1 aliphatic heterocycles. The molecular formula is C12H18ClN5O3. The lowest BCUT2D eigenvalue weighted by atomic mass is 10.2. The quantitative estimate of drug-likeness (QED) is 0.699. The number of aliphatic hydroxyl groups is 2. The van der Waals surface area contributed by atoms with E-state index in [9.17, 15) is 5.11 Å². The van der Waals surface area contributed by atoms with Crippen LogP contribution >= 0.6 is 11.6 Å². The summed E-state index contributed by atoms with van der Waals surface area (Å²) in [6.45, 7) is 3.75. The molecule has 1 unspecified atom stereocenters. The van der Waals surface area contributed by atoms with Crippen molar-refractivity contribution in [3.8, 4) is 0 Å². The van der Waals surface area contributed by atoms with Crippen LogP contribution in [-0.2, 0) is 4.74 Å². The van der Waals surface area contributed by atoms with Crippen molar-refractivity contribution in [1.82, 2.24) is 19.5 Å². The Hall–Kier alpha value is -1.48. The lowest BCUT2D eigenvalue weighted by Crippen LogP contribution is -2.24. The Kier molecular flexibility index (Phi) is 4.94. The van der Waals surface area contributed by atoms with Crippen molar-refractivity contribution in [3.63, 3.8) is 0 Å². The van der Waals surface area contributed by atoms with E-state index in [0.29, 0.717) is 17.6 Å². The number of nitrogens with zero attached hydrogens (tertiary/aromatic N) is 4. The number of anilines is 1. The number of aliphatic hydroxyl groups excluding tert-OH is 2. The second kappa shape index (κ2) is 6.52. The molecule has 1 aliphatic rings. The van der Waals surface area contributed by atoms with Gasteiger partial charge in [-0.05, 0) is 11.6 Å². The van der Waals surface area contributed by atoms with Gasteiger partial charge in [0.2, 0.25) is 5.28 Å². The fourth-order valence-corrected chi connectivity index (χ4v) is 2.34. The standard InChI is InChI=1S/C10H12ClN5O3.C2H6/c11-10-14-8(12)7-9(15-10)16(3-13-7)6-1-4(18)5(2-17)19-6;1-2/h3-6,17-18H,1-2H2,(H2,12,14,15);1-2H3/t4-,5?,6-;/m1./s1. The van der Waals surface area contributed by atoms with E-state index >= 15 is 0 Å². The van der Waals surface area contributed by atoms with Crippen LogP contribution in [0, 0.1) is 0 Å². The molecule has 1 saturated heterocycles. The second-order valence-electron chi connectivity index (χ2n) is 4.32. The first-order valence-corrected chi connectivity index (χ1v) is 7.08. The van der Waals surface area contributed by atoms with Crippen LogP contribution in [0.4, 0.5) is 5.82 Å². The maximum atomic E-state index is 9.74. The normalized spacial score (nSPS) is 24.9. The van der Waals surface area contributed by atoms with Crippen molar-refractivity contribution in [2.75, 3.05) is 12.3 Å². The Morgan fingerprint density at radius 2 is 2.19 bits per heavy atom. The molecule has 3 atom stereocenters. The van der Waals surface area contributed by atoms with Crippen LogP contribution in [0.2, 0.25) is 5.28 Å². The second-order valence-corrected chi connectivity index (χ2v) is 4.65. The van der Waals surface area contributed by atoms with Crippen molar-refractivity contribution >= 4 is 28.6 Å². The third-order valence-corrected chi connectivity index (χ3v) is 3.28. The van der Waals surface area contributed by atoms with Crippen molar-refractivity contribution in [3.05, 3.63) is 11.6 Å². The van der Waals surface area contributed by atoms with Gasteiger partial charge in [-0.2, -0.15) is 9.97 Å². The molecular weight excluding hydrogens is 298 g/mol. The molecule has 0 saturated carbocycles. The molecule has 1 fully saturated rings. The van der Waals surface area contributed by atoms with Gasteiger partial charge in [0.05, 0.1) is 19.0 Å². The number of imidazole rings is 1. The third kappa shape index (κ3) is 2.93. The van der Waals surface area contributed by atoms with E-state index in [2.05, 4.69) is 15.0 Å². The van der Waals surface area contributed by atoms with Crippen LogP contribution in [0.3, 0.4) is 0 Å². The van der Waals surface area contributed by atoms with Gasteiger partial charge in [-0.3, -0.25) is 4.57 Å². The van der Waals surface area contributed by atoms with Crippen LogP contribution in [0.5, 0.6) is 0 Å². The van der Waals surface area contributed by atoms with E-state index < -0.39 is 18.4 Å². The van der Waals surface area contributed by atoms with Crippen molar-refractivity contribution in [1.29, 1.82) is 0 Å². The molecule has 9 heteroatoms. The van der Waals surface area contributed by atoms with Crippen LogP contribution in [0.1, 0.15) is 26.5 Å². The van der Waals surface area contributed by atoms with E-state index in [-0.39, 0.29) is 17.7 Å². The lowest BCUT2D eigenvalue weighted by Gasteiger charge is -2.13. The fraction of sp³-hybridized carbons (Fsp3) is 0.583. The number of fused-ring (bicyclic) bond motifs is 1. The van der Waals surface area contributed by atoms with Gasteiger partial charge in [-0.1, -0.05) is 13.8 Å². The monoisotopic (exact) mass is 315 g/mol. The number of hydrogen-bond donors (Lipinski definition) is 3. The zero-order valence-corrected chi connectivity index (χ0v) is 12.5. The first kappa shape index (κ1) is 15.9. The molecule has 0 aliphatic carbocycles. The highest BCUT2D eigenvalue weighted by Gasteiger charge is 2.35. The smallest absolute Gasteiger partial charge is 0.226 e. The van der Waals surface area contributed by atoms with Gasteiger partial charge in [-0.25, -0.2) is 4.98 Å². The molecule has 0 amide bonds. The number of rotatable bonds is 2. The maximum absolute atomic E-state index is 9.74. The van der Waals surface area contributed by atoms with E-state index in [0.717, 1.165) is 0 Å². The summed E-state index contributed by atoms with van der Waals surface area (Å²) in [4.78, 5) is 12.0. The van der Waals surface area contributed by atoms with E-state index in [1.54, 1.807) is 4.57 Å². The lowest BCUT2D eigenvalue weighted by molar-refractivity contribution is -0.0432. The highest BCUT2D eigenvalue weighted by Crippen LogP contribution is 2.31. The summed E-state index contributed by atoms with van der Waals surface area (Å²) in [7, 11) is 0. The first-order chi connectivity index (χ1) is 10.1. The Morgan fingerprint density at radius 1 is 1.48 bits per heavy atom. The number of halogens is 1. The molecule has 0 bridgehead atoms. The van der Waals surface area contributed by atoms with Crippen LogP contribution in [0.25, 0.3) is 11.2 Å². The summed E-state index contributed by atoms with van der Waals surface area (Å²) in [6, 6.07) is 0. The number of ether oxygens (including phenoxy) is 1. The number of nitrogen functional groups attached to an aromatic ring is 1. The Bertz CT molecular complexity index is 620. The number of aromatic nitrogens is 4. The zero-order valence-electron chi connectivity index (χ0n) is 11.8. The summed E-state index contributed by atoms with van der Waals surface area (Å²) in [5.41, 5.74) is 6.57. The minimum absolute atomic E-state index is 0.0176. The molecule has 21 heavy (non-hydrogen) atoms. The highest BCUT2D eigenvalue weighted by atomic mass is 35.5. The largest absolute Gasteiger partial charge is 0.394 e. The molecule has 0 radical (unpaired) electrons. The predicted octanol–water partition coefficient (Wildman–Crippen LogP) is 0.729. The van der Waals surface area contributed by atoms with Gasteiger partial charge in [-0.15, -0.1) is 0 Å². The fourth-order valence-electron chi connectivity index (χ4n) is 2.17. The van der Waals surface area contributed by atoms with Crippen molar-refractivity contribution in [2.45, 2.75) is 38.7 Å². The summed E-state index contributed by atoms with van der Waals surface area (Å²) < 4.78 is 7.16. The maximum Gasteiger partial charge on any atom is 0.226 e.